The molecule has 74 valence electrons. The van der Waals surface area contributed by atoms with Gasteiger partial charge in [0.2, 0.25) is 0 Å². The van der Waals surface area contributed by atoms with Crippen LogP contribution in [0.3, 0.4) is 0 Å². The van der Waals surface area contributed by atoms with Crippen molar-refractivity contribution in [3.05, 3.63) is 24.3 Å². The molecule has 0 saturated carbocycles. The standard InChI is InChI=1S/C12H20O/c1-4-5-6-9-12(13)10-7-8-11(2)3/h7,10H,2,4-6,8-9H2,1,3H3/b10-7+. The normalized spacial score (nSPS) is 10.6. The third kappa shape index (κ3) is 9.06. The van der Waals surface area contributed by atoms with Gasteiger partial charge in [-0.25, -0.2) is 0 Å². The molecule has 0 amide bonds. The average Bonchev–Trinajstić information content (AvgIpc) is 2.04. The summed E-state index contributed by atoms with van der Waals surface area (Å²) >= 11 is 0. The van der Waals surface area contributed by atoms with Crippen LogP contribution < -0.4 is 0 Å². The fraction of sp³-hybridized carbons (Fsp3) is 0.583. The molecule has 0 aliphatic carbocycles. The molecule has 0 rings (SSSR count). The molecule has 0 bridgehead atoms. The van der Waals surface area contributed by atoms with Crippen LogP contribution in [-0.2, 0) is 4.79 Å². The Balaban J connectivity index is 3.49. The molecule has 0 heterocycles. The molecule has 0 N–H and O–H groups in total. The predicted octanol–water partition coefficient (Wildman–Crippen LogP) is 3.66. The summed E-state index contributed by atoms with van der Waals surface area (Å²) in [7, 11) is 0. The lowest BCUT2D eigenvalue weighted by atomic mass is 10.1. The van der Waals surface area contributed by atoms with Crippen LogP contribution in [-0.4, -0.2) is 5.78 Å². The van der Waals surface area contributed by atoms with Crippen molar-refractivity contribution in [2.75, 3.05) is 0 Å². The van der Waals surface area contributed by atoms with E-state index in [4.69, 9.17) is 0 Å². The van der Waals surface area contributed by atoms with Crippen molar-refractivity contribution in [2.24, 2.45) is 0 Å². The van der Waals surface area contributed by atoms with Crippen molar-refractivity contribution in [2.45, 2.75) is 46.0 Å². The third-order valence-corrected chi connectivity index (χ3v) is 1.80. The summed E-state index contributed by atoms with van der Waals surface area (Å²) in [6.45, 7) is 7.87. The number of carbonyl (C=O) groups excluding carboxylic acids is 1. The predicted molar refractivity (Wildman–Crippen MR) is 57.7 cm³/mol. The largest absolute Gasteiger partial charge is 0.295 e. The maximum Gasteiger partial charge on any atom is 0.155 e. The Morgan fingerprint density at radius 2 is 2.08 bits per heavy atom. The molecular formula is C12H20O. The summed E-state index contributed by atoms with van der Waals surface area (Å²) in [6.07, 6.45) is 8.44. The van der Waals surface area contributed by atoms with Gasteiger partial charge < -0.3 is 0 Å². The molecule has 0 aliphatic rings. The van der Waals surface area contributed by atoms with Gasteiger partial charge in [0.1, 0.15) is 0 Å². The number of rotatable bonds is 7. The molecule has 0 spiro atoms. The fourth-order valence-electron chi connectivity index (χ4n) is 1.02. The Morgan fingerprint density at radius 1 is 1.38 bits per heavy atom. The lowest BCUT2D eigenvalue weighted by Crippen LogP contribution is -1.91. The Hall–Kier alpha value is -0.850. The van der Waals surface area contributed by atoms with Crippen LogP contribution in [0.15, 0.2) is 24.3 Å². The van der Waals surface area contributed by atoms with Crippen molar-refractivity contribution in [1.82, 2.24) is 0 Å². The maximum atomic E-state index is 11.2. The highest BCUT2D eigenvalue weighted by atomic mass is 16.1. The number of unbranched alkanes of at least 4 members (excludes halogenated alkanes) is 2. The van der Waals surface area contributed by atoms with Crippen LogP contribution in [0.1, 0.15) is 46.0 Å². The van der Waals surface area contributed by atoms with Crippen LogP contribution in [0, 0.1) is 0 Å². The molecule has 0 aromatic heterocycles. The van der Waals surface area contributed by atoms with Crippen molar-refractivity contribution >= 4 is 5.78 Å². The number of hydrogen-bond donors (Lipinski definition) is 0. The number of allylic oxidation sites excluding steroid dienone is 3. The van der Waals surface area contributed by atoms with Crippen molar-refractivity contribution in [3.63, 3.8) is 0 Å². The SMILES string of the molecule is C=C(C)C/C=C/C(=O)CCCCC. The molecule has 0 aliphatic heterocycles. The maximum absolute atomic E-state index is 11.2. The fourth-order valence-corrected chi connectivity index (χ4v) is 1.02. The van der Waals surface area contributed by atoms with Gasteiger partial charge in [-0.05, 0) is 25.8 Å². The van der Waals surface area contributed by atoms with Crippen molar-refractivity contribution < 1.29 is 4.79 Å². The zero-order chi connectivity index (χ0) is 10.1. The van der Waals surface area contributed by atoms with Gasteiger partial charge in [0.05, 0.1) is 0 Å². The Bertz CT molecular complexity index is 189. The minimum atomic E-state index is 0.245. The van der Waals surface area contributed by atoms with E-state index >= 15 is 0 Å². The summed E-state index contributed by atoms with van der Waals surface area (Å²) in [5.74, 6) is 0.245. The van der Waals surface area contributed by atoms with Crippen LogP contribution in [0.2, 0.25) is 0 Å². The molecule has 0 aromatic carbocycles. The van der Waals surface area contributed by atoms with Crippen LogP contribution in [0.4, 0.5) is 0 Å². The van der Waals surface area contributed by atoms with Crippen molar-refractivity contribution in [3.8, 4) is 0 Å². The van der Waals surface area contributed by atoms with Crippen LogP contribution >= 0.6 is 0 Å². The molecule has 1 nitrogen and oxygen atoms in total. The first-order chi connectivity index (χ1) is 6.16. The third-order valence-electron chi connectivity index (χ3n) is 1.80. The Kier molecular flexibility index (Phi) is 7.27. The van der Waals surface area contributed by atoms with Gasteiger partial charge in [0, 0.05) is 6.42 Å². The molecule has 0 radical (unpaired) electrons. The molecule has 0 atom stereocenters. The molecule has 0 fully saturated rings. The smallest absolute Gasteiger partial charge is 0.155 e. The quantitative estimate of drug-likeness (QED) is 0.332. The Labute approximate surface area is 81.5 Å². The zero-order valence-corrected chi connectivity index (χ0v) is 8.81. The van der Waals surface area contributed by atoms with E-state index in [0.29, 0.717) is 6.42 Å². The summed E-state index contributed by atoms with van der Waals surface area (Å²) in [6, 6.07) is 0. The Morgan fingerprint density at radius 3 is 2.62 bits per heavy atom. The summed E-state index contributed by atoms with van der Waals surface area (Å²) < 4.78 is 0. The van der Waals surface area contributed by atoms with Gasteiger partial charge in [0.25, 0.3) is 0 Å². The highest BCUT2D eigenvalue weighted by Crippen LogP contribution is 2.02. The number of carbonyl (C=O) groups is 1. The molecule has 0 aromatic rings. The van der Waals surface area contributed by atoms with E-state index in [1.54, 1.807) is 6.08 Å². The van der Waals surface area contributed by atoms with Crippen LogP contribution in [0.5, 0.6) is 0 Å². The number of hydrogen-bond acceptors (Lipinski definition) is 1. The van der Waals surface area contributed by atoms with E-state index in [1.807, 2.05) is 13.0 Å². The second-order valence-electron chi connectivity index (χ2n) is 3.49. The molecule has 13 heavy (non-hydrogen) atoms. The summed E-state index contributed by atoms with van der Waals surface area (Å²) in [5, 5.41) is 0. The molecular weight excluding hydrogens is 160 g/mol. The average molecular weight is 180 g/mol. The molecule has 0 unspecified atom stereocenters. The van der Waals surface area contributed by atoms with Gasteiger partial charge >= 0.3 is 0 Å². The first-order valence-corrected chi connectivity index (χ1v) is 5.00. The first-order valence-electron chi connectivity index (χ1n) is 5.00. The first kappa shape index (κ1) is 12.2. The van der Waals surface area contributed by atoms with Crippen LogP contribution in [0.25, 0.3) is 0 Å². The highest BCUT2D eigenvalue weighted by Gasteiger charge is 1.94. The summed E-state index contributed by atoms with van der Waals surface area (Å²) in [4.78, 5) is 11.2. The summed E-state index contributed by atoms with van der Waals surface area (Å²) in [5.41, 5.74) is 1.10. The monoisotopic (exact) mass is 180 g/mol. The minimum Gasteiger partial charge on any atom is -0.295 e. The van der Waals surface area contributed by atoms with E-state index in [1.165, 1.54) is 6.42 Å². The van der Waals surface area contributed by atoms with E-state index in [0.717, 1.165) is 24.8 Å². The van der Waals surface area contributed by atoms with Gasteiger partial charge in [-0.1, -0.05) is 38.0 Å². The van der Waals surface area contributed by atoms with Gasteiger partial charge in [-0.3, -0.25) is 4.79 Å². The van der Waals surface area contributed by atoms with E-state index in [9.17, 15) is 4.79 Å². The molecule has 0 saturated heterocycles. The second kappa shape index (κ2) is 7.78. The lowest BCUT2D eigenvalue weighted by Gasteiger charge is -1.94. The van der Waals surface area contributed by atoms with Gasteiger partial charge in [-0.2, -0.15) is 0 Å². The minimum absolute atomic E-state index is 0.245. The second-order valence-corrected chi connectivity index (χ2v) is 3.49. The van der Waals surface area contributed by atoms with Gasteiger partial charge in [-0.15, -0.1) is 0 Å². The zero-order valence-electron chi connectivity index (χ0n) is 8.81. The van der Waals surface area contributed by atoms with Crippen molar-refractivity contribution in [1.29, 1.82) is 0 Å². The van der Waals surface area contributed by atoms with Gasteiger partial charge in [0.15, 0.2) is 5.78 Å². The highest BCUT2D eigenvalue weighted by molar-refractivity contribution is 5.89. The van der Waals surface area contributed by atoms with E-state index in [2.05, 4.69) is 13.5 Å². The lowest BCUT2D eigenvalue weighted by molar-refractivity contribution is -0.114. The van der Waals surface area contributed by atoms with E-state index in [-0.39, 0.29) is 5.78 Å². The topological polar surface area (TPSA) is 17.1 Å². The number of ketones is 1. The van der Waals surface area contributed by atoms with E-state index < -0.39 is 0 Å². The molecule has 1 heteroatoms.